The van der Waals surface area contributed by atoms with E-state index in [0.717, 1.165) is 0 Å². The molecule has 2 saturated heterocycles. The lowest BCUT2D eigenvalue weighted by Gasteiger charge is -2.45. The van der Waals surface area contributed by atoms with Crippen molar-refractivity contribution >= 4 is 42.7 Å². The molecule has 306 valence electrons. The molecule has 6 atom stereocenters. The van der Waals surface area contributed by atoms with Gasteiger partial charge in [0.2, 0.25) is 11.2 Å². The Hall–Kier alpha value is -3.78. The van der Waals surface area contributed by atoms with Crippen molar-refractivity contribution in [3.8, 4) is 5.75 Å². The van der Waals surface area contributed by atoms with Crippen LogP contribution in [0.1, 0.15) is 118 Å². The Kier molecular flexibility index (Phi) is 9.10. The average Bonchev–Trinajstić information content (AvgIpc) is 3.57. The predicted octanol–water partition coefficient (Wildman–Crippen LogP) is 6.71. The van der Waals surface area contributed by atoms with Crippen molar-refractivity contribution in [3.05, 3.63) is 39.2 Å². The molecule has 15 nitrogen and oxygen atoms in total. The summed E-state index contributed by atoms with van der Waals surface area (Å²) in [4.78, 5) is 69.5. The first kappa shape index (κ1) is 40.4. The van der Waals surface area contributed by atoms with Gasteiger partial charge in [-0.1, -0.05) is 27.7 Å². The molecule has 0 spiro atoms. The number of ether oxygens (including phenoxy) is 5. The zero-order valence-electron chi connectivity index (χ0n) is 33.8. The van der Waals surface area contributed by atoms with Crippen LogP contribution in [0, 0.1) is 28.6 Å². The number of fused-ring (bicyclic) bond motifs is 7. The number of esters is 4. The minimum Gasteiger partial charge on any atom is -0.483 e. The summed E-state index contributed by atoms with van der Waals surface area (Å²) in [6.45, 7) is 18.5. The highest BCUT2D eigenvalue weighted by atomic mass is 31.2. The third-order valence-corrected chi connectivity index (χ3v) is 15.9. The van der Waals surface area contributed by atoms with Gasteiger partial charge < -0.3 is 28.1 Å². The highest BCUT2D eigenvalue weighted by Crippen LogP contribution is 2.68. The zero-order valence-corrected chi connectivity index (χ0v) is 34.7. The highest BCUT2D eigenvalue weighted by molar-refractivity contribution is 7.48. The first-order chi connectivity index (χ1) is 25.9. The van der Waals surface area contributed by atoms with Gasteiger partial charge in [0.05, 0.1) is 41.8 Å². The lowest BCUT2D eigenvalue weighted by Crippen LogP contribution is -2.57. The molecule has 56 heavy (non-hydrogen) atoms. The Bertz CT molecular complexity index is 2160. The third-order valence-electron chi connectivity index (χ3n) is 14.3. The van der Waals surface area contributed by atoms with E-state index in [1.165, 1.54) is 0 Å². The van der Waals surface area contributed by atoms with E-state index in [9.17, 15) is 28.5 Å². The number of aryl methyl sites for hydroxylation is 1. The molecule has 2 unspecified atom stereocenters. The Balaban J connectivity index is 1.35. The summed E-state index contributed by atoms with van der Waals surface area (Å²) >= 11 is 0. The van der Waals surface area contributed by atoms with Crippen molar-refractivity contribution in [3.63, 3.8) is 0 Å². The van der Waals surface area contributed by atoms with E-state index >= 15 is 0 Å². The SMILES string of the molecule is CCOP(=O)(OCC)OCc1c(C)c2ccc3c(c2oc1=O)[C@@H](OC(=O)[C@@]12CCC(C)(C(=O)O1)C2(C)C)[C@@H](OC(=O)[C@@]12CCC(C)(C(=O)O1)C2(C)C)C(C)(C)O3. The number of rotatable bonds is 11. The molecule has 0 N–H and O–H groups in total. The fourth-order valence-electron chi connectivity index (χ4n) is 9.56. The van der Waals surface area contributed by atoms with Crippen LogP contribution < -0.4 is 10.4 Å². The van der Waals surface area contributed by atoms with Gasteiger partial charge in [0, 0.05) is 16.2 Å². The number of hydrogen-bond donors (Lipinski definition) is 0. The number of carbonyl (C=O) groups is 4. The molecule has 1 aromatic heterocycles. The Labute approximate surface area is 324 Å². The van der Waals surface area contributed by atoms with Crippen LogP contribution >= 0.6 is 7.82 Å². The lowest BCUT2D eigenvalue weighted by molar-refractivity contribution is -0.217. The van der Waals surface area contributed by atoms with Crippen LogP contribution in [0.5, 0.6) is 5.75 Å². The van der Waals surface area contributed by atoms with Crippen molar-refractivity contribution in [2.24, 2.45) is 21.7 Å². The molecular formula is C40H51O15P. The van der Waals surface area contributed by atoms with E-state index in [2.05, 4.69) is 0 Å². The maximum Gasteiger partial charge on any atom is 0.475 e. The Morgan fingerprint density at radius 3 is 1.73 bits per heavy atom. The Morgan fingerprint density at radius 1 is 0.750 bits per heavy atom. The second-order valence-electron chi connectivity index (χ2n) is 17.6. The number of benzene rings is 1. The summed E-state index contributed by atoms with van der Waals surface area (Å²) in [5.41, 5.74) is -8.93. The molecule has 3 aliphatic heterocycles. The van der Waals surface area contributed by atoms with Crippen molar-refractivity contribution < 1.29 is 65.4 Å². The standard InChI is InChI=1S/C40H51O15P/c1-12-47-56(46,48-13-2)49-20-23-21(3)22-14-15-24-25(26(22)50-29(23)41)27(51-32(44)39-18-16-37(10,30(42)54-39)35(39,6)7)28(34(4,5)53-24)52-33(45)40-19-17-38(11,31(43)55-40)36(40,8)9/h14-15,27-28H,12-13,16-20H2,1-11H3/t27-,28-,37?,38?,39-,40-/m1/s1. The molecule has 4 bridgehead atoms. The maximum absolute atomic E-state index is 14.7. The molecule has 5 aliphatic rings. The van der Waals surface area contributed by atoms with Gasteiger partial charge in [0.15, 0.2) is 12.2 Å². The lowest BCUT2D eigenvalue weighted by atomic mass is 9.66. The van der Waals surface area contributed by atoms with E-state index < -0.39 is 94.6 Å². The molecule has 0 amide bonds. The minimum absolute atomic E-state index is 0.0306. The molecule has 4 heterocycles. The fourth-order valence-corrected chi connectivity index (χ4v) is 10.7. The average molecular weight is 803 g/mol. The van der Waals surface area contributed by atoms with Gasteiger partial charge in [-0.25, -0.2) is 18.9 Å². The highest BCUT2D eigenvalue weighted by Gasteiger charge is 2.78. The molecule has 0 radical (unpaired) electrons. The van der Waals surface area contributed by atoms with Gasteiger partial charge in [-0.3, -0.25) is 23.2 Å². The summed E-state index contributed by atoms with van der Waals surface area (Å²) in [6.07, 6.45) is -1.72. The van der Waals surface area contributed by atoms with Crippen LogP contribution in [0.3, 0.4) is 0 Å². The minimum atomic E-state index is -4.01. The second-order valence-corrected chi connectivity index (χ2v) is 19.3. The van der Waals surface area contributed by atoms with Gasteiger partial charge in [-0.05, 0) is 91.8 Å². The molecule has 4 fully saturated rings. The van der Waals surface area contributed by atoms with Gasteiger partial charge >= 0.3 is 37.3 Å². The van der Waals surface area contributed by atoms with Crippen LogP contribution in [0.25, 0.3) is 11.0 Å². The normalized spacial score (nSPS) is 33.1. The summed E-state index contributed by atoms with van der Waals surface area (Å²) < 4.78 is 66.1. The van der Waals surface area contributed by atoms with E-state index in [1.54, 1.807) is 88.3 Å². The molecule has 7 rings (SSSR count). The third kappa shape index (κ3) is 5.12. The molecule has 1 aromatic carbocycles. The summed E-state index contributed by atoms with van der Waals surface area (Å²) in [5.74, 6) is -2.56. The monoisotopic (exact) mass is 802 g/mol. The largest absolute Gasteiger partial charge is 0.483 e. The second kappa shape index (κ2) is 12.6. The molecule has 2 saturated carbocycles. The first-order valence-electron chi connectivity index (χ1n) is 19.1. The smallest absolute Gasteiger partial charge is 0.475 e. The molecule has 2 aromatic rings. The van der Waals surface area contributed by atoms with Crippen molar-refractivity contribution in [2.75, 3.05) is 13.2 Å². The number of phosphoric ester groups is 1. The maximum atomic E-state index is 14.7. The topological polar surface area (TPSA) is 189 Å². The van der Waals surface area contributed by atoms with E-state index in [0.29, 0.717) is 23.8 Å². The quantitative estimate of drug-likeness (QED) is 0.101. The van der Waals surface area contributed by atoms with Gasteiger partial charge in [-0.2, -0.15) is 0 Å². The van der Waals surface area contributed by atoms with E-state index in [1.807, 2.05) is 0 Å². The van der Waals surface area contributed by atoms with Crippen LogP contribution in [-0.4, -0.2) is 60.0 Å². The van der Waals surface area contributed by atoms with Gasteiger partial charge in [0.25, 0.3) is 0 Å². The van der Waals surface area contributed by atoms with Crippen LogP contribution in [0.2, 0.25) is 0 Å². The zero-order chi connectivity index (χ0) is 41.2. The van der Waals surface area contributed by atoms with E-state index in [-0.39, 0.29) is 48.5 Å². The molecular weight excluding hydrogens is 751 g/mol. The van der Waals surface area contributed by atoms with Crippen molar-refractivity contribution in [2.45, 2.75) is 137 Å². The number of carbonyl (C=O) groups excluding carboxylic acids is 4. The van der Waals surface area contributed by atoms with Crippen LogP contribution in [0.15, 0.2) is 21.3 Å². The number of hydrogen-bond acceptors (Lipinski definition) is 15. The summed E-state index contributed by atoms with van der Waals surface area (Å²) in [6, 6.07) is 3.28. The fraction of sp³-hybridized carbons (Fsp3) is 0.675. The predicted molar refractivity (Wildman–Crippen MR) is 196 cm³/mol. The van der Waals surface area contributed by atoms with E-state index in [4.69, 9.17) is 41.7 Å². The van der Waals surface area contributed by atoms with Gasteiger partial charge in [-0.15, -0.1) is 0 Å². The van der Waals surface area contributed by atoms with Crippen molar-refractivity contribution in [1.82, 2.24) is 0 Å². The summed E-state index contributed by atoms with van der Waals surface area (Å²) in [7, 11) is -4.01. The van der Waals surface area contributed by atoms with Crippen LogP contribution in [-0.2, 0) is 62.9 Å². The van der Waals surface area contributed by atoms with Crippen LogP contribution in [0.4, 0.5) is 0 Å². The first-order valence-corrected chi connectivity index (χ1v) is 20.6. The Morgan fingerprint density at radius 2 is 1.27 bits per heavy atom. The van der Waals surface area contributed by atoms with Gasteiger partial charge in [0.1, 0.15) is 16.9 Å². The molecule has 16 heteroatoms. The molecule has 2 aliphatic carbocycles. The summed E-state index contributed by atoms with van der Waals surface area (Å²) in [5, 5.41) is 0.384. The van der Waals surface area contributed by atoms with Crippen molar-refractivity contribution in [1.29, 1.82) is 0 Å². The number of phosphoric acid groups is 1.